The van der Waals surface area contributed by atoms with Gasteiger partial charge in [0.25, 0.3) is 0 Å². The van der Waals surface area contributed by atoms with Crippen LogP contribution in [0.5, 0.6) is 0 Å². The zero-order chi connectivity index (χ0) is 15.0. The maximum absolute atomic E-state index is 9.60. The molecule has 0 rings (SSSR count). The van der Waals surface area contributed by atoms with Crippen LogP contribution in [0.4, 0.5) is 0 Å². The average Bonchev–Trinajstić information content (AvgIpc) is 2.16. The van der Waals surface area contributed by atoms with E-state index in [-0.39, 0.29) is 57.3 Å². The molecule has 0 unspecified atom stereocenters. The Morgan fingerprint density at radius 1 is 0.947 bits per heavy atom. The van der Waals surface area contributed by atoms with Crippen molar-refractivity contribution in [2.24, 2.45) is 10.8 Å². The smallest absolute Gasteiger partial charge is 0.325 e. The number of carbonyl (C=O) groups excluding carboxylic acids is 1. The molecule has 0 aromatic carbocycles. The number of allylic oxidation sites excluding steroid dienone is 2. The van der Waals surface area contributed by atoms with Crippen molar-refractivity contribution in [3.05, 3.63) is 11.8 Å². The number of hydrogen-bond acceptors (Lipinski definition) is 3. The van der Waals surface area contributed by atoms with Crippen molar-refractivity contribution in [1.82, 2.24) is 0 Å². The molecule has 0 radical (unpaired) electrons. The van der Waals surface area contributed by atoms with E-state index in [0.717, 1.165) is 0 Å². The van der Waals surface area contributed by atoms with Crippen LogP contribution in [0.2, 0.25) is 0 Å². The van der Waals surface area contributed by atoms with Gasteiger partial charge in [-0.2, -0.15) is 0 Å². The van der Waals surface area contributed by atoms with Crippen LogP contribution in [0, 0.1) is 10.8 Å². The second-order valence-electron chi connectivity index (χ2n) is 6.22. The molecule has 0 aliphatic heterocycles. The van der Waals surface area contributed by atoms with E-state index in [0.29, 0.717) is 6.42 Å². The fourth-order valence-corrected chi connectivity index (χ4v) is 0.633. The van der Waals surface area contributed by atoms with Crippen molar-refractivity contribution >= 4 is 5.78 Å². The summed E-state index contributed by atoms with van der Waals surface area (Å²) in [5, 5.41) is 25.4. The maximum Gasteiger partial charge on any atom is 0.325 e. The Bertz CT molecular complexity index is 270. The minimum atomic E-state index is -0.306. The third kappa shape index (κ3) is 14.1. The van der Waals surface area contributed by atoms with Crippen LogP contribution in [0.25, 0.3) is 0 Å². The molecule has 0 heterocycles. The van der Waals surface area contributed by atoms with Crippen molar-refractivity contribution in [1.29, 1.82) is 0 Å². The van der Waals surface area contributed by atoms with Crippen LogP contribution >= 0.6 is 0 Å². The predicted octanol–water partition coefficient (Wildman–Crippen LogP) is 2.42. The first-order chi connectivity index (χ1) is 7.96. The van der Waals surface area contributed by atoms with E-state index >= 15 is 0 Å². The maximum atomic E-state index is 9.60. The van der Waals surface area contributed by atoms with Gasteiger partial charge in [-0.1, -0.05) is 20.8 Å². The average molecular weight is 309 g/mol. The minimum Gasteiger partial charge on any atom is -0.511 e. The van der Waals surface area contributed by atoms with Gasteiger partial charge in [0, 0.05) is 40.3 Å². The van der Waals surface area contributed by atoms with Gasteiger partial charge < -0.3 is 15.3 Å². The van der Waals surface area contributed by atoms with Crippen LogP contribution in [-0.4, -0.2) is 39.1 Å². The summed E-state index contributed by atoms with van der Waals surface area (Å²) in [5.41, 5.74) is -0.613. The molecule has 4 N–H and O–H groups in total. The molecule has 0 aromatic heterocycles. The van der Waals surface area contributed by atoms with Gasteiger partial charge in [-0.15, -0.1) is 0 Å². The fraction of sp³-hybridized carbons (Fsp3) is 0.786. The second-order valence-corrected chi connectivity index (χ2v) is 6.22. The standard InChI is InChI=1S/C11H20O2.C3H8O2.Ti/c1-10(2,3)8(12)7-9(13)11(4,5)6;4-2-1-3-5;/h7,12H,1-6H3;4-5H,1-3H2;/p+1/b8-7-;;. The van der Waals surface area contributed by atoms with Gasteiger partial charge in [0.05, 0.1) is 11.5 Å². The SMILES string of the molecule is CC(C)(C)C(=[OH+])/C=C(\O)C(C)(C)C.OCCCO.[Ti]. The summed E-state index contributed by atoms with van der Waals surface area (Å²) in [7, 11) is 0. The van der Waals surface area contributed by atoms with Crippen LogP contribution in [0.15, 0.2) is 11.8 Å². The van der Waals surface area contributed by atoms with E-state index in [2.05, 4.69) is 0 Å². The molecular formula is C14H29O4Ti+. The second kappa shape index (κ2) is 10.6. The number of rotatable bonds is 3. The van der Waals surface area contributed by atoms with E-state index in [4.69, 9.17) is 10.2 Å². The summed E-state index contributed by atoms with van der Waals surface area (Å²) in [6.07, 6.45) is 1.94. The van der Waals surface area contributed by atoms with Gasteiger partial charge in [0.15, 0.2) is 0 Å². The van der Waals surface area contributed by atoms with Gasteiger partial charge in [0.2, 0.25) is 0 Å². The van der Waals surface area contributed by atoms with E-state index in [9.17, 15) is 9.90 Å². The molecule has 0 atom stereocenters. The zero-order valence-electron chi connectivity index (χ0n) is 13.0. The summed E-state index contributed by atoms with van der Waals surface area (Å²) in [6, 6.07) is 0. The molecule has 4 nitrogen and oxygen atoms in total. The van der Waals surface area contributed by atoms with Crippen molar-refractivity contribution in [2.75, 3.05) is 13.2 Å². The Morgan fingerprint density at radius 2 is 1.32 bits per heavy atom. The van der Waals surface area contributed by atoms with E-state index in [1.165, 1.54) is 6.08 Å². The quantitative estimate of drug-likeness (QED) is 0.324. The Labute approximate surface area is 131 Å². The molecule has 0 aliphatic rings. The molecule has 0 bridgehead atoms. The monoisotopic (exact) mass is 309 g/mol. The number of aliphatic hydroxyl groups excluding tert-OH is 3. The first-order valence-corrected chi connectivity index (χ1v) is 6.16. The van der Waals surface area contributed by atoms with Crippen LogP contribution in [-0.2, 0) is 21.7 Å². The molecule has 0 amide bonds. The van der Waals surface area contributed by atoms with Crippen LogP contribution in [0.3, 0.4) is 0 Å². The van der Waals surface area contributed by atoms with Crippen LogP contribution in [0.1, 0.15) is 48.0 Å². The van der Waals surface area contributed by atoms with Crippen LogP contribution < -0.4 is 0 Å². The van der Waals surface area contributed by atoms with E-state index in [1.807, 2.05) is 41.5 Å². The predicted molar refractivity (Wildman–Crippen MR) is 75.4 cm³/mol. The number of ketones is 1. The third-order valence-corrected chi connectivity index (χ3v) is 2.13. The van der Waals surface area contributed by atoms with Crippen molar-refractivity contribution in [3.8, 4) is 0 Å². The molecule has 0 fully saturated rings. The van der Waals surface area contributed by atoms with Crippen molar-refractivity contribution in [2.45, 2.75) is 48.0 Å². The molecule has 0 saturated carbocycles. The topological polar surface area (TPSA) is 82.1 Å². The molecule has 5 heteroatoms. The largest absolute Gasteiger partial charge is 0.511 e. The Kier molecular flexibility index (Phi) is 13.3. The van der Waals surface area contributed by atoms with E-state index < -0.39 is 0 Å². The Balaban J connectivity index is -0.000000366. The zero-order valence-corrected chi connectivity index (χ0v) is 14.5. The summed E-state index contributed by atoms with van der Waals surface area (Å²) in [4.78, 5) is 9.60. The normalized spacial score (nSPS) is 12.1. The summed E-state index contributed by atoms with van der Waals surface area (Å²) >= 11 is 0. The Hall–Kier alpha value is -0.156. The first kappa shape index (κ1) is 23.9. The fourth-order valence-electron chi connectivity index (χ4n) is 0.633. The minimum absolute atomic E-state index is 0. The molecule has 0 spiro atoms. The van der Waals surface area contributed by atoms with Gasteiger partial charge >= 0.3 is 5.78 Å². The molecular weight excluding hydrogens is 280 g/mol. The van der Waals surface area contributed by atoms with Gasteiger partial charge in [-0.05, 0) is 27.2 Å². The summed E-state index contributed by atoms with van der Waals surface area (Å²) in [5.74, 6) is 0.417. The Morgan fingerprint density at radius 3 is 1.47 bits per heavy atom. The van der Waals surface area contributed by atoms with Gasteiger partial charge in [-0.3, -0.25) is 4.79 Å². The number of hydrogen-bond donors (Lipinski definition) is 3. The molecule has 112 valence electrons. The van der Waals surface area contributed by atoms with Gasteiger partial charge in [0.1, 0.15) is 5.76 Å². The molecule has 0 aliphatic carbocycles. The first-order valence-electron chi connectivity index (χ1n) is 6.16. The van der Waals surface area contributed by atoms with Gasteiger partial charge in [-0.25, -0.2) is 0 Å². The summed E-state index contributed by atoms with van der Waals surface area (Å²) < 4.78 is 0. The third-order valence-electron chi connectivity index (χ3n) is 2.13. The number of aliphatic hydroxyl groups is 3. The molecule has 19 heavy (non-hydrogen) atoms. The van der Waals surface area contributed by atoms with Crippen molar-refractivity contribution < 1.29 is 41.8 Å². The van der Waals surface area contributed by atoms with E-state index in [1.54, 1.807) is 0 Å². The molecule has 0 saturated heterocycles. The van der Waals surface area contributed by atoms with Crippen molar-refractivity contribution in [3.63, 3.8) is 0 Å². The summed E-state index contributed by atoms with van der Waals surface area (Å²) in [6.45, 7) is 11.6. The molecule has 0 aromatic rings.